The molecular formula is C14H32O4Si. The van der Waals surface area contributed by atoms with E-state index in [0.29, 0.717) is 0 Å². The van der Waals surface area contributed by atoms with E-state index in [0.717, 1.165) is 44.9 Å². The number of allylic oxidation sites excluding steroid dienone is 1. The Kier molecular flexibility index (Phi) is 17.6. The Morgan fingerprint density at radius 3 is 1.95 bits per heavy atom. The van der Waals surface area contributed by atoms with E-state index in [-0.39, 0.29) is 0 Å². The number of hydrogen-bond acceptors (Lipinski definition) is 4. The summed E-state index contributed by atoms with van der Waals surface area (Å²) in [6, 6.07) is 0.817. The van der Waals surface area contributed by atoms with Crippen LogP contribution >= 0.6 is 0 Å². The third-order valence-electron chi connectivity index (χ3n) is 2.56. The van der Waals surface area contributed by atoms with Crippen molar-refractivity contribution < 1.29 is 18.0 Å². The van der Waals surface area contributed by atoms with Gasteiger partial charge in [-0.1, -0.05) is 26.3 Å². The molecule has 0 heterocycles. The predicted molar refractivity (Wildman–Crippen MR) is 82.4 cm³/mol. The van der Waals surface area contributed by atoms with Gasteiger partial charge in [-0.3, -0.25) is 0 Å². The highest BCUT2D eigenvalue weighted by atomic mass is 28.4. The molecule has 0 aromatic rings. The van der Waals surface area contributed by atoms with Gasteiger partial charge in [-0.05, 0) is 19.3 Å². The van der Waals surface area contributed by atoms with Crippen molar-refractivity contribution in [2.45, 2.75) is 45.6 Å². The summed E-state index contributed by atoms with van der Waals surface area (Å²) in [6.07, 6.45) is 6.04. The molecule has 116 valence electrons. The molecule has 0 atom stereocenters. The zero-order valence-corrected chi connectivity index (χ0v) is 14.4. The van der Waals surface area contributed by atoms with E-state index in [1.54, 1.807) is 21.3 Å². The van der Waals surface area contributed by atoms with Gasteiger partial charge >= 0.3 is 8.80 Å². The van der Waals surface area contributed by atoms with Crippen molar-refractivity contribution in [2.24, 2.45) is 0 Å². The third-order valence-corrected chi connectivity index (χ3v) is 5.42. The van der Waals surface area contributed by atoms with Crippen molar-refractivity contribution in [3.8, 4) is 0 Å². The summed E-state index contributed by atoms with van der Waals surface area (Å²) >= 11 is 0. The zero-order chi connectivity index (χ0) is 15.0. The molecule has 0 spiro atoms. The van der Waals surface area contributed by atoms with Gasteiger partial charge in [0.25, 0.3) is 0 Å². The number of hydrogen-bond donors (Lipinski definition) is 0. The molecular weight excluding hydrogens is 260 g/mol. The molecule has 0 amide bonds. The van der Waals surface area contributed by atoms with E-state index < -0.39 is 8.80 Å². The molecule has 0 aliphatic rings. The van der Waals surface area contributed by atoms with Crippen LogP contribution in [0.2, 0.25) is 6.04 Å². The van der Waals surface area contributed by atoms with Gasteiger partial charge in [0.2, 0.25) is 0 Å². The van der Waals surface area contributed by atoms with Gasteiger partial charge in [-0.15, -0.1) is 6.58 Å². The second-order valence-electron chi connectivity index (χ2n) is 4.09. The first-order chi connectivity index (χ1) is 9.16. The van der Waals surface area contributed by atoms with E-state index in [1.807, 2.05) is 6.08 Å². The minimum atomic E-state index is -2.40. The van der Waals surface area contributed by atoms with Crippen LogP contribution in [0, 0.1) is 0 Å². The molecule has 0 saturated carbocycles. The van der Waals surface area contributed by atoms with E-state index in [1.165, 1.54) is 0 Å². The monoisotopic (exact) mass is 292 g/mol. The normalized spacial score (nSPS) is 10.8. The molecule has 0 unspecified atom stereocenters. The highest BCUT2D eigenvalue weighted by Gasteiger charge is 2.38. The van der Waals surface area contributed by atoms with Gasteiger partial charge in [0.1, 0.15) is 0 Å². The fraction of sp³-hybridized carbons (Fsp3) is 0.857. The smallest absolute Gasteiger partial charge is 0.385 e. The Bertz CT molecular complexity index is 172. The van der Waals surface area contributed by atoms with E-state index in [4.69, 9.17) is 18.0 Å². The van der Waals surface area contributed by atoms with Gasteiger partial charge in [0, 0.05) is 40.6 Å². The van der Waals surface area contributed by atoms with Crippen LogP contribution in [-0.2, 0) is 18.0 Å². The topological polar surface area (TPSA) is 36.9 Å². The van der Waals surface area contributed by atoms with Crippen LogP contribution in [0.15, 0.2) is 12.7 Å². The minimum absolute atomic E-state index is 0.720. The van der Waals surface area contributed by atoms with Crippen molar-refractivity contribution in [3.63, 3.8) is 0 Å². The second-order valence-corrected chi connectivity index (χ2v) is 7.06. The summed E-state index contributed by atoms with van der Waals surface area (Å²) in [6.45, 7) is 9.12. The van der Waals surface area contributed by atoms with Gasteiger partial charge < -0.3 is 18.0 Å². The van der Waals surface area contributed by atoms with Crippen LogP contribution in [0.25, 0.3) is 0 Å². The molecule has 5 heteroatoms. The average molecular weight is 292 g/mol. The van der Waals surface area contributed by atoms with Gasteiger partial charge in [0.15, 0.2) is 0 Å². The second kappa shape index (κ2) is 15.9. The van der Waals surface area contributed by atoms with Crippen LogP contribution in [0.5, 0.6) is 0 Å². The Morgan fingerprint density at radius 1 is 1.00 bits per heavy atom. The molecule has 0 rings (SSSR count). The Labute approximate surface area is 120 Å². The molecule has 0 aromatic heterocycles. The van der Waals surface area contributed by atoms with E-state index in [9.17, 15) is 0 Å². The lowest BCUT2D eigenvalue weighted by Crippen LogP contribution is -2.44. The lowest BCUT2D eigenvalue weighted by atomic mass is 10.4. The Hall–Kier alpha value is -0.203. The standard InChI is InChI=1S/C10H24O4Si.C4H8/c1-5-6-9-14-15(12-3,13-4)10-7-8-11-2;1-3-4-2/h5-10H2,1-4H3;3H,1,4H2,2H3. The summed E-state index contributed by atoms with van der Waals surface area (Å²) in [4.78, 5) is 0. The number of methoxy groups -OCH3 is 1. The van der Waals surface area contributed by atoms with Gasteiger partial charge in [0.05, 0.1) is 0 Å². The molecule has 0 aliphatic carbocycles. The molecule has 0 fully saturated rings. The lowest BCUT2D eigenvalue weighted by molar-refractivity contribution is 0.0927. The van der Waals surface area contributed by atoms with Crippen LogP contribution in [0.3, 0.4) is 0 Å². The number of rotatable bonds is 11. The molecule has 0 N–H and O–H groups in total. The van der Waals surface area contributed by atoms with Crippen LogP contribution in [0.4, 0.5) is 0 Å². The predicted octanol–water partition coefficient (Wildman–Crippen LogP) is 3.65. The van der Waals surface area contributed by atoms with Gasteiger partial charge in [-0.2, -0.15) is 0 Å². The Balaban J connectivity index is 0. The summed E-state index contributed by atoms with van der Waals surface area (Å²) in [5.74, 6) is 0. The van der Waals surface area contributed by atoms with Gasteiger partial charge in [-0.25, -0.2) is 0 Å². The molecule has 19 heavy (non-hydrogen) atoms. The number of ether oxygens (including phenoxy) is 1. The summed E-state index contributed by atoms with van der Waals surface area (Å²) in [7, 11) is 2.62. The zero-order valence-electron chi connectivity index (χ0n) is 13.4. The van der Waals surface area contributed by atoms with E-state index in [2.05, 4.69) is 20.4 Å². The van der Waals surface area contributed by atoms with Crippen LogP contribution in [-0.4, -0.2) is 43.3 Å². The molecule has 0 radical (unpaired) electrons. The molecule has 0 aromatic carbocycles. The first-order valence-electron chi connectivity index (χ1n) is 7.00. The van der Waals surface area contributed by atoms with Crippen LogP contribution in [0.1, 0.15) is 39.5 Å². The molecule has 0 bridgehead atoms. The fourth-order valence-electron chi connectivity index (χ4n) is 1.28. The quantitative estimate of drug-likeness (QED) is 0.331. The fourth-order valence-corrected chi connectivity index (χ4v) is 3.27. The summed E-state index contributed by atoms with van der Waals surface area (Å²) in [5.41, 5.74) is 0. The summed E-state index contributed by atoms with van der Waals surface area (Å²) < 4.78 is 21.6. The van der Waals surface area contributed by atoms with Crippen molar-refractivity contribution in [1.82, 2.24) is 0 Å². The highest BCUT2D eigenvalue weighted by molar-refractivity contribution is 6.60. The Morgan fingerprint density at radius 2 is 1.58 bits per heavy atom. The maximum atomic E-state index is 5.75. The maximum absolute atomic E-state index is 5.75. The first-order valence-corrected chi connectivity index (χ1v) is 8.93. The van der Waals surface area contributed by atoms with Crippen molar-refractivity contribution in [2.75, 3.05) is 34.5 Å². The summed E-state index contributed by atoms with van der Waals surface area (Å²) in [5, 5.41) is 0. The SMILES string of the molecule is C=CCC.CCCCO[Si](CCCOC)(OC)OC. The van der Waals surface area contributed by atoms with Crippen molar-refractivity contribution in [3.05, 3.63) is 12.7 Å². The maximum Gasteiger partial charge on any atom is 0.500 e. The third kappa shape index (κ3) is 12.6. The lowest BCUT2D eigenvalue weighted by Gasteiger charge is -2.26. The van der Waals surface area contributed by atoms with E-state index >= 15 is 0 Å². The van der Waals surface area contributed by atoms with Crippen LogP contribution < -0.4 is 0 Å². The van der Waals surface area contributed by atoms with Crippen molar-refractivity contribution in [1.29, 1.82) is 0 Å². The highest BCUT2D eigenvalue weighted by Crippen LogP contribution is 2.16. The largest absolute Gasteiger partial charge is 0.500 e. The molecule has 0 aliphatic heterocycles. The minimum Gasteiger partial charge on any atom is -0.385 e. The first kappa shape index (κ1) is 21.1. The molecule has 0 saturated heterocycles. The molecule has 4 nitrogen and oxygen atoms in total. The number of unbranched alkanes of at least 4 members (excludes halogenated alkanes) is 1. The van der Waals surface area contributed by atoms with Crippen molar-refractivity contribution >= 4 is 8.80 Å². The average Bonchev–Trinajstić information content (AvgIpc) is 2.46.